The summed E-state index contributed by atoms with van der Waals surface area (Å²) in [6.07, 6.45) is 5.86. The van der Waals surface area contributed by atoms with Gasteiger partial charge in [-0.3, -0.25) is 14.9 Å². The van der Waals surface area contributed by atoms with E-state index in [4.69, 9.17) is 5.73 Å². The molecule has 3 rings (SSSR count). The zero-order valence-corrected chi connectivity index (χ0v) is 16.9. The lowest BCUT2D eigenvalue weighted by Gasteiger charge is -2.32. The highest BCUT2D eigenvalue weighted by atomic mass is 16.3. The zero-order valence-electron chi connectivity index (χ0n) is 16.9. The fourth-order valence-electron chi connectivity index (χ4n) is 3.31. The molecule has 154 valence electrons. The Morgan fingerprint density at radius 3 is 2.90 bits per heavy atom. The smallest absolute Gasteiger partial charge is 0.225 e. The maximum Gasteiger partial charge on any atom is 0.225 e. The molecule has 0 bridgehead atoms. The van der Waals surface area contributed by atoms with Crippen molar-refractivity contribution >= 4 is 17.8 Å². The molecule has 1 aromatic carbocycles. The van der Waals surface area contributed by atoms with Crippen molar-refractivity contribution in [2.45, 2.75) is 39.2 Å². The van der Waals surface area contributed by atoms with E-state index in [1.165, 1.54) is 0 Å². The van der Waals surface area contributed by atoms with E-state index in [-0.39, 0.29) is 23.6 Å². The number of rotatable bonds is 6. The van der Waals surface area contributed by atoms with Gasteiger partial charge in [-0.15, -0.1) is 0 Å². The van der Waals surface area contributed by atoms with Crippen LogP contribution in [-0.2, 0) is 11.2 Å². The van der Waals surface area contributed by atoms with Crippen LogP contribution < -0.4 is 5.73 Å². The maximum atomic E-state index is 12.2. The highest BCUT2D eigenvalue weighted by molar-refractivity contribution is 5.94. The van der Waals surface area contributed by atoms with Gasteiger partial charge < -0.3 is 15.7 Å². The average Bonchev–Trinajstić information content (AvgIpc) is 3.15. The average molecular weight is 396 g/mol. The fraction of sp³-hybridized carbons (Fsp3) is 0.429. The summed E-state index contributed by atoms with van der Waals surface area (Å²) in [6, 6.07) is 6.99. The third-order valence-electron chi connectivity index (χ3n) is 4.79. The third-order valence-corrected chi connectivity index (χ3v) is 4.79. The number of aromatic nitrogens is 3. The van der Waals surface area contributed by atoms with Gasteiger partial charge in [-0.05, 0) is 42.7 Å². The Bertz CT molecular complexity index is 885. The second kappa shape index (κ2) is 9.36. The molecule has 1 amide bonds. The minimum Gasteiger partial charge on any atom is -0.508 e. The number of hydrogen-bond acceptors (Lipinski definition) is 5. The molecular formula is C21H28N6O2. The molecule has 8 heteroatoms. The van der Waals surface area contributed by atoms with Gasteiger partial charge in [0.1, 0.15) is 17.4 Å². The number of phenols is 1. The summed E-state index contributed by atoms with van der Waals surface area (Å²) >= 11 is 0. The lowest BCUT2D eigenvalue weighted by atomic mass is 10.0. The number of nitrogens with two attached hydrogens (primary N) is 1. The van der Waals surface area contributed by atoms with Crippen LogP contribution in [0.2, 0.25) is 0 Å². The van der Waals surface area contributed by atoms with Crippen LogP contribution in [0.5, 0.6) is 5.75 Å². The predicted octanol–water partition coefficient (Wildman–Crippen LogP) is 2.12. The van der Waals surface area contributed by atoms with Gasteiger partial charge in [-0.1, -0.05) is 26.0 Å². The van der Waals surface area contributed by atoms with Crippen molar-refractivity contribution in [2.24, 2.45) is 16.6 Å². The molecule has 1 aliphatic heterocycles. The second-order valence-corrected chi connectivity index (χ2v) is 7.61. The quantitative estimate of drug-likeness (QED) is 0.510. The Kier molecular flexibility index (Phi) is 6.64. The number of phenolic OH excluding ortho intramolecular Hbond substituents is 1. The van der Waals surface area contributed by atoms with Gasteiger partial charge >= 0.3 is 0 Å². The number of nitrogens with zero attached hydrogens (tertiary/aromatic N) is 4. The summed E-state index contributed by atoms with van der Waals surface area (Å²) in [6.45, 7) is 5.24. The number of H-pyrrole nitrogens is 1. The van der Waals surface area contributed by atoms with E-state index in [2.05, 4.69) is 20.2 Å². The first-order valence-corrected chi connectivity index (χ1v) is 9.90. The van der Waals surface area contributed by atoms with E-state index in [9.17, 15) is 9.90 Å². The summed E-state index contributed by atoms with van der Waals surface area (Å²) in [5, 5.41) is 16.4. The number of hydrogen-bond donors (Lipinski definition) is 3. The first-order valence-electron chi connectivity index (χ1n) is 9.90. The highest BCUT2D eigenvalue weighted by Gasteiger charge is 2.24. The lowest BCUT2D eigenvalue weighted by Crippen LogP contribution is -2.43. The molecule has 4 N–H and O–H groups in total. The molecule has 1 fully saturated rings. The predicted molar refractivity (Wildman–Crippen MR) is 112 cm³/mol. The van der Waals surface area contributed by atoms with Crippen molar-refractivity contribution in [1.29, 1.82) is 0 Å². The first kappa shape index (κ1) is 20.6. The van der Waals surface area contributed by atoms with Crippen LogP contribution >= 0.6 is 0 Å². The largest absolute Gasteiger partial charge is 0.508 e. The molecule has 29 heavy (non-hydrogen) atoms. The van der Waals surface area contributed by atoms with Crippen molar-refractivity contribution in [3.8, 4) is 5.75 Å². The minimum atomic E-state index is -0.00326. The molecule has 1 aromatic heterocycles. The van der Waals surface area contributed by atoms with Crippen LogP contribution in [0.3, 0.4) is 0 Å². The number of aromatic amines is 1. The van der Waals surface area contributed by atoms with Crippen molar-refractivity contribution in [2.75, 3.05) is 13.1 Å². The Balaban J connectivity index is 1.57. The Labute approximate surface area is 170 Å². The van der Waals surface area contributed by atoms with Crippen LogP contribution in [0, 0.1) is 5.92 Å². The second-order valence-electron chi connectivity index (χ2n) is 7.61. The Hall–Kier alpha value is -3.16. The van der Waals surface area contributed by atoms with E-state index in [1.807, 2.05) is 30.9 Å². The first-order chi connectivity index (χ1) is 13.9. The van der Waals surface area contributed by atoms with E-state index in [1.54, 1.807) is 24.3 Å². The number of carbonyl (C=O) groups is 1. The molecule has 1 atom stereocenters. The van der Waals surface area contributed by atoms with E-state index >= 15 is 0 Å². The monoisotopic (exact) mass is 396 g/mol. The van der Waals surface area contributed by atoms with Crippen molar-refractivity contribution in [3.63, 3.8) is 0 Å². The number of likely N-dealkylation sites (tertiary alicyclic amines) is 1. The number of benzene rings is 1. The molecule has 0 spiro atoms. The van der Waals surface area contributed by atoms with Gasteiger partial charge in [0.15, 0.2) is 5.82 Å². The molecule has 2 heterocycles. The Morgan fingerprint density at radius 1 is 1.41 bits per heavy atom. The number of aromatic hydroxyl groups is 1. The standard InChI is InChI=1S/C21H28N6O2/c1-14(2)21(29)27-11-3-4-16(13-27)23-18(22)9-10-19-24-20(26-25-19)12-15-5-7-17(28)8-6-15/h5-10,14,16,28H,3-4,11-13H2,1-2H3,(H2,22,23)(H,24,25,26)/b10-9-. The van der Waals surface area contributed by atoms with Crippen molar-refractivity contribution in [3.05, 3.63) is 47.6 Å². The van der Waals surface area contributed by atoms with Gasteiger partial charge in [0.05, 0.1) is 6.04 Å². The molecule has 8 nitrogen and oxygen atoms in total. The summed E-state index contributed by atoms with van der Waals surface area (Å²) < 4.78 is 0. The summed E-state index contributed by atoms with van der Waals surface area (Å²) in [5.41, 5.74) is 7.07. The van der Waals surface area contributed by atoms with Crippen molar-refractivity contribution < 1.29 is 9.90 Å². The van der Waals surface area contributed by atoms with E-state index in [0.29, 0.717) is 24.6 Å². The molecule has 0 radical (unpaired) electrons. The summed E-state index contributed by atoms with van der Waals surface area (Å²) in [7, 11) is 0. The van der Waals surface area contributed by atoms with Crippen molar-refractivity contribution in [1.82, 2.24) is 20.1 Å². The van der Waals surface area contributed by atoms with Gasteiger partial charge in [0, 0.05) is 25.4 Å². The Morgan fingerprint density at radius 2 is 2.17 bits per heavy atom. The van der Waals surface area contributed by atoms with Crippen LogP contribution in [0.25, 0.3) is 6.08 Å². The lowest BCUT2D eigenvalue weighted by molar-refractivity contribution is -0.135. The highest BCUT2D eigenvalue weighted by Crippen LogP contribution is 2.16. The number of piperidine rings is 1. The number of nitrogens with one attached hydrogen (secondary N) is 1. The van der Waals surface area contributed by atoms with E-state index in [0.717, 1.165) is 30.8 Å². The molecular weight excluding hydrogens is 368 g/mol. The molecule has 2 aromatic rings. The van der Waals surface area contributed by atoms with Crippen LogP contribution in [0.15, 0.2) is 35.3 Å². The van der Waals surface area contributed by atoms with Crippen LogP contribution in [0.4, 0.5) is 0 Å². The van der Waals surface area contributed by atoms with Gasteiger partial charge in [0.2, 0.25) is 5.91 Å². The zero-order chi connectivity index (χ0) is 20.8. The minimum absolute atomic E-state index is 0.00326. The van der Waals surface area contributed by atoms with Gasteiger partial charge in [-0.25, -0.2) is 4.98 Å². The third kappa shape index (κ3) is 5.91. The molecule has 1 aliphatic rings. The summed E-state index contributed by atoms with van der Waals surface area (Å²) in [5.74, 6) is 2.05. The molecule has 0 aliphatic carbocycles. The number of carbonyl (C=O) groups excluding carboxylic acids is 1. The number of amidine groups is 1. The molecule has 1 saturated heterocycles. The normalized spacial score (nSPS) is 18.0. The van der Waals surface area contributed by atoms with E-state index < -0.39 is 0 Å². The number of amides is 1. The molecule has 1 unspecified atom stereocenters. The topological polar surface area (TPSA) is 120 Å². The SMILES string of the molecule is CC(C)C(=O)N1CCCC(N=C(N)/C=C\c2n[nH]c(Cc3ccc(O)cc3)n2)C1. The van der Waals surface area contributed by atoms with Gasteiger partial charge in [0.25, 0.3) is 0 Å². The fourth-order valence-corrected chi connectivity index (χ4v) is 3.31. The number of aliphatic imine (C=N–C) groups is 1. The van der Waals surface area contributed by atoms with Crippen LogP contribution in [-0.4, -0.2) is 56.1 Å². The maximum absolute atomic E-state index is 12.2. The molecule has 0 saturated carbocycles. The summed E-state index contributed by atoms with van der Waals surface area (Å²) in [4.78, 5) is 23.0. The van der Waals surface area contributed by atoms with Gasteiger partial charge in [-0.2, -0.15) is 5.10 Å². The van der Waals surface area contributed by atoms with Crippen LogP contribution in [0.1, 0.15) is 43.9 Å².